The molecule has 94 valence electrons. The van der Waals surface area contributed by atoms with Crippen molar-refractivity contribution in [2.45, 2.75) is 39.2 Å². The summed E-state index contributed by atoms with van der Waals surface area (Å²) >= 11 is 0. The molecule has 0 spiro atoms. The zero-order chi connectivity index (χ0) is 12.7. The van der Waals surface area contributed by atoms with Gasteiger partial charge in [0.25, 0.3) is 5.91 Å². The summed E-state index contributed by atoms with van der Waals surface area (Å²) in [6.45, 7) is 4.18. The topological polar surface area (TPSA) is 49.3 Å². The molecule has 0 radical (unpaired) electrons. The summed E-state index contributed by atoms with van der Waals surface area (Å²) < 4.78 is 0. The average molecular weight is 235 g/mol. The maximum atomic E-state index is 12.0. The van der Waals surface area contributed by atoms with Crippen molar-refractivity contribution in [2.24, 2.45) is 0 Å². The molecule has 3 nitrogen and oxygen atoms in total. The molecule has 0 aliphatic carbocycles. The summed E-state index contributed by atoms with van der Waals surface area (Å²) in [6.07, 6.45) is 2.38. The fraction of sp³-hybridized carbons (Fsp3) is 0.500. The summed E-state index contributed by atoms with van der Waals surface area (Å²) in [4.78, 5) is 12.0. The van der Waals surface area contributed by atoms with Crippen molar-refractivity contribution in [3.8, 4) is 0 Å². The van der Waals surface area contributed by atoms with Gasteiger partial charge in [0.05, 0.1) is 0 Å². The lowest BCUT2D eigenvalue weighted by atomic mass is 10.0. The van der Waals surface area contributed by atoms with Crippen molar-refractivity contribution in [3.05, 3.63) is 35.4 Å². The number of aryl methyl sites for hydroxylation is 1. The van der Waals surface area contributed by atoms with Gasteiger partial charge in [0.15, 0.2) is 0 Å². The number of aliphatic hydroxyl groups excluding tert-OH is 1. The van der Waals surface area contributed by atoms with Crippen molar-refractivity contribution in [1.29, 1.82) is 0 Å². The molecule has 0 aliphatic heterocycles. The molecule has 1 rings (SSSR count). The van der Waals surface area contributed by atoms with Crippen molar-refractivity contribution in [3.63, 3.8) is 0 Å². The standard InChI is InChI=1S/C14H21NO2/c1-3-12-8-4-5-9-13(12)14(17)15-11(2)7-6-10-16/h4-5,8-9,11,16H,3,6-7,10H2,1-2H3,(H,15,17). The Balaban J connectivity index is 2.63. The predicted molar refractivity (Wildman–Crippen MR) is 69.1 cm³/mol. The molecule has 3 heteroatoms. The summed E-state index contributed by atoms with van der Waals surface area (Å²) in [5, 5.41) is 11.7. The van der Waals surface area contributed by atoms with Crippen LogP contribution in [0.15, 0.2) is 24.3 Å². The number of carbonyl (C=O) groups is 1. The van der Waals surface area contributed by atoms with Crippen molar-refractivity contribution in [2.75, 3.05) is 6.61 Å². The third kappa shape index (κ3) is 4.19. The molecule has 17 heavy (non-hydrogen) atoms. The van der Waals surface area contributed by atoms with Crippen LogP contribution in [-0.2, 0) is 6.42 Å². The van der Waals surface area contributed by atoms with Crippen molar-refractivity contribution < 1.29 is 9.90 Å². The molecule has 0 bridgehead atoms. The lowest BCUT2D eigenvalue weighted by Crippen LogP contribution is -2.33. The highest BCUT2D eigenvalue weighted by Gasteiger charge is 2.11. The highest BCUT2D eigenvalue weighted by molar-refractivity contribution is 5.95. The van der Waals surface area contributed by atoms with Crippen LogP contribution in [0.1, 0.15) is 42.6 Å². The molecule has 1 aromatic rings. The number of rotatable bonds is 6. The first-order valence-electron chi connectivity index (χ1n) is 6.18. The number of hydrogen-bond acceptors (Lipinski definition) is 2. The molecule has 0 aliphatic rings. The van der Waals surface area contributed by atoms with Gasteiger partial charge in [-0.25, -0.2) is 0 Å². The van der Waals surface area contributed by atoms with Crippen LogP contribution in [0.4, 0.5) is 0 Å². The lowest BCUT2D eigenvalue weighted by molar-refractivity contribution is 0.0935. The SMILES string of the molecule is CCc1ccccc1C(=O)NC(C)CCCO. The van der Waals surface area contributed by atoms with Crippen molar-refractivity contribution >= 4 is 5.91 Å². The van der Waals surface area contributed by atoms with Crippen LogP contribution in [0.2, 0.25) is 0 Å². The van der Waals surface area contributed by atoms with Crippen molar-refractivity contribution in [1.82, 2.24) is 5.32 Å². The summed E-state index contributed by atoms with van der Waals surface area (Å²) in [6, 6.07) is 7.76. The molecule has 1 aromatic carbocycles. The van der Waals surface area contributed by atoms with Crippen LogP contribution in [-0.4, -0.2) is 23.7 Å². The number of carbonyl (C=O) groups excluding carboxylic acids is 1. The third-order valence-electron chi connectivity index (χ3n) is 2.82. The summed E-state index contributed by atoms with van der Waals surface area (Å²) in [5.74, 6) is -0.0205. The van der Waals surface area contributed by atoms with Gasteiger partial charge in [0.1, 0.15) is 0 Å². The monoisotopic (exact) mass is 235 g/mol. The fourth-order valence-electron chi connectivity index (χ4n) is 1.82. The minimum atomic E-state index is -0.0205. The smallest absolute Gasteiger partial charge is 0.251 e. The molecular weight excluding hydrogens is 214 g/mol. The lowest BCUT2D eigenvalue weighted by Gasteiger charge is -2.14. The van der Waals surface area contributed by atoms with Crippen LogP contribution in [0.5, 0.6) is 0 Å². The van der Waals surface area contributed by atoms with E-state index in [9.17, 15) is 4.79 Å². The van der Waals surface area contributed by atoms with Gasteiger partial charge < -0.3 is 10.4 Å². The van der Waals surface area contributed by atoms with Crippen LogP contribution in [0.3, 0.4) is 0 Å². The van der Waals surface area contributed by atoms with Crippen LogP contribution in [0.25, 0.3) is 0 Å². The average Bonchev–Trinajstić information content (AvgIpc) is 2.36. The van der Waals surface area contributed by atoms with E-state index >= 15 is 0 Å². The maximum Gasteiger partial charge on any atom is 0.251 e. The van der Waals surface area contributed by atoms with Gasteiger partial charge in [-0.1, -0.05) is 25.1 Å². The minimum absolute atomic E-state index is 0.0205. The quantitative estimate of drug-likeness (QED) is 0.793. The Morgan fingerprint density at radius 1 is 1.41 bits per heavy atom. The summed E-state index contributed by atoms with van der Waals surface area (Å²) in [7, 11) is 0. The Kier molecular flexibility index (Phi) is 5.70. The largest absolute Gasteiger partial charge is 0.396 e. The third-order valence-corrected chi connectivity index (χ3v) is 2.82. The molecule has 2 N–H and O–H groups in total. The van der Waals surface area contributed by atoms with E-state index in [1.807, 2.05) is 38.1 Å². The van der Waals surface area contributed by atoms with Gasteiger partial charge >= 0.3 is 0 Å². The van der Waals surface area contributed by atoms with E-state index in [1.165, 1.54) is 0 Å². The predicted octanol–water partition coefficient (Wildman–Crippen LogP) is 2.14. The Hall–Kier alpha value is -1.35. The van der Waals surface area contributed by atoms with E-state index in [1.54, 1.807) is 0 Å². The first kappa shape index (κ1) is 13.7. The molecule has 0 fully saturated rings. The van der Waals surface area contributed by atoms with E-state index in [0.717, 1.165) is 30.4 Å². The molecule has 0 saturated heterocycles. The zero-order valence-corrected chi connectivity index (χ0v) is 10.6. The molecule has 1 amide bonds. The highest BCUT2D eigenvalue weighted by atomic mass is 16.2. The number of amides is 1. The van der Waals surface area contributed by atoms with E-state index in [2.05, 4.69) is 5.32 Å². The normalized spacial score (nSPS) is 12.2. The van der Waals surface area contributed by atoms with Gasteiger partial charge in [-0.15, -0.1) is 0 Å². The minimum Gasteiger partial charge on any atom is -0.396 e. The number of aliphatic hydroxyl groups is 1. The van der Waals surface area contributed by atoms with Gasteiger partial charge in [-0.2, -0.15) is 0 Å². The fourth-order valence-corrected chi connectivity index (χ4v) is 1.82. The van der Waals surface area contributed by atoms with E-state index in [0.29, 0.717) is 0 Å². The second kappa shape index (κ2) is 7.07. The van der Waals surface area contributed by atoms with Crippen LogP contribution < -0.4 is 5.32 Å². The van der Waals surface area contributed by atoms with E-state index in [4.69, 9.17) is 5.11 Å². The van der Waals surface area contributed by atoms with Gasteiger partial charge in [-0.05, 0) is 37.8 Å². The Bertz CT molecular complexity index is 363. The summed E-state index contributed by atoms with van der Waals surface area (Å²) in [5.41, 5.74) is 1.82. The second-order valence-electron chi connectivity index (χ2n) is 4.25. The van der Waals surface area contributed by atoms with Gasteiger partial charge in [0.2, 0.25) is 0 Å². The molecule has 0 aromatic heterocycles. The molecule has 1 atom stereocenters. The molecular formula is C14H21NO2. The molecule has 0 heterocycles. The number of hydrogen-bond donors (Lipinski definition) is 2. The van der Waals surface area contributed by atoms with Crippen LogP contribution in [0, 0.1) is 0 Å². The van der Waals surface area contributed by atoms with E-state index in [-0.39, 0.29) is 18.6 Å². The van der Waals surface area contributed by atoms with Gasteiger partial charge in [0, 0.05) is 18.2 Å². The molecule has 0 saturated carbocycles. The Morgan fingerprint density at radius 3 is 2.76 bits per heavy atom. The van der Waals surface area contributed by atoms with Crippen LogP contribution >= 0.6 is 0 Å². The second-order valence-corrected chi connectivity index (χ2v) is 4.25. The first-order valence-corrected chi connectivity index (χ1v) is 6.18. The number of nitrogens with one attached hydrogen (secondary N) is 1. The molecule has 1 unspecified atom stereocenters. The number of benzene rings is 1. The van der Waals surface area contributed by atoms with E-state index < -0.39 is 0 Å². The first-order chi connectivity index (χ1) is 8.19. The Morgan fingerprint density at radius 2 is 2.12 bits per heavy atom. The highest BCUT2D eigenvalue weighted by Crippen LogP contribution is 2.10. The van der Waals surface area contributed by atoms with Gasteiger partial charge in [-0.3, -0.25) is 4.79 Å². The zero-order valence-electron chi connectivity index (χ0n) is 10.6. The Labute approximate surface area is 103 Å². The maximum absolute atomic E-state index is 12.0.